The van der Waals surface area contributed by atoms with Gasteiger partial charge in [-0.25, -0.2) is 5.48 Å². The van der Waals surface area contributed by atoms with Crippen molar-refractivity contribution in [3.8, 4) is 0 Å². The summed E-state index contributed by atoms with van der Waals surface area (Å²) in [5.41, 5.74) is 1.93. The molecule has 0 aliphatic carbocycles. The van der Waals surface area contributed by atoms with Gasteiger partial charge in [0.25, 0.3) is 0 Å². The molecule has 0 saturated carbocycles. The molecule has 0 spiro atoms. The molecule has 2 N–H and O–H groups in total. The van der Waals surface area contributed by atoms with Crippen LogP contribution in [0.2, 0.25) is 0 Å². The molecular formula is C15H30N2O4S. The van der Waals surface area contributed by atoms with Crippen LogP contribution in [0.15, 0.2) is 0 Å². The zero-order valence-corrected chi connectivity index (χ0v) is 15.3. The summed E-state index contributed by atoms with van der Waals surface area (Å²) in [6, 6.07) is 0. The molecular weight excluding hydrogens is 304 g/mol. The third kappa shape index (κ3) is 10.7. The van der Waals surface area contributed by atoms with Gasteiger partial charge in [-0.15, -0.1) is 0 Å². The van der Waals surface area contributed by atoms with Gasteiger partial charge in [-0.2, -0.15) is 0 Å². The Balaban J connectivity index is 4.53. The molecule has 0 aliphatic heterocycles. The first-order valence-corrected chi connectivity index (χ1v) is 8.98. The summed E-state index contributed by atoms with van der Waals surface area (Å²) in [5, 5.41) is 2.23. The lowest BCUT2D eigenvalue weighted by molar-refractivity contribution is -0.145. The number of hydrogen-bond donors (Lipinski definition) is 2. The van der Waals surface area contributed by atoms with Crippen molar-refractivity contribution in [3.63, 3.8) is 0 Å². The van der Waals surface area contributed by atoms with Gasteiger partial charge in [0, 0.05) is 41.7 Å². The zero-order valence-electron chi connectivity index (χ0n) is 14.5. The number of carbonyl (C=O) groups is 2. The predicted molar refractivity (Wildman–Crippen MR) is 88.5 cm³/mol. The Bertz CT molecular complexity index is 391. The molecule has 0 fully saturated rings. The molecule has 0 saturated heterocycles. The lowest BCUT2D eigenvalue weighted by Gasteiger charge is -2.21. The zero-order chi connectivity index (χ0) is 17.3. The molecule has 0 aliphatic rings. The van der Waals surface area contributed by atoms with Crippen molar-refractivity contribution in [1.29, 1.82) is 0 Å². The second-order valence-electron chi connectivity index (χ2n) is 6.70. The highest BCUT2D eigenvalue weighted by Gasteiger charge is 2.23. The third-order valence-corrected chi connectivity index (χ3v) is 4.51. The van der Waals surface area contributed by atoms with Gasteiger partial charge in [0.2, 0.25) is 11.8 Å². The minimum atomic E-state index is -1.22. The molecule has 0 rings (SSSR count). The fraction of sp³-hybridized carbons (Fsp3) is 0.867. The highest BCUT2D eigenvalue weighted by molar-refractivity contribution is 7.85. The fourth-order valence-electron chi connectivity index (χ4n) is 1.75. The van der Waals surface area contributed by atoms with Crippen molar-refractivity contribution in [1.82, 2.24) is 10.8 Å². The molecule has 6 nitrogen and oxygen atoms in total. The minimum Gasteiger partial charge on any atom is -0.359 e. The molecule has 22 heavy (non-hydrogen) atoms. The van der Waals surface area contributed by atoms with Gasteiger partial charge in [-0.3, -0.25) is 18.6 Å². The molecule has 2 amide bonds. The summed E-state index contributed by atoms with van der Waals surface area (Å²) >= 11 is 0. The van der Waals surface area contributed by atoms with Crippen molar-refractivity contribution in [3.05, 3.63) is 0 Å². The minimum absolute atomic E-state index is 0.134. The highest BCUT2D eigenvalue weighted by Crippen LogP contribution is 2.15. The SMILES string of the molecule is CNC(=O)CCS(=O)C(CC(=O)NOC(C)(C)C)CC(C)C. The quantitative estimate of drug-likeness (QED) is 0.626. The Labute approximate surface area is 136 Å². The topological polar surface area (TPSA) is 84.5 Å². The van der Waals surface area contributed by atoms with Crippen molar-refractivity contribution < 1.29 is 18.6 Å². The first-order valence-electron chi connectivity index (χ1n) is 7.59. The van der Waals surface area contributed by atoms with Crippen LogP contribution in [-0.4, -0.2) is 39.7 Å². The van der Waals surface area contributed by atoms with E-state index in [2.05, 4.69) is 10.8 Å². The van der Waals surface area contributed by atoms with Crippen LogP contribution in [0.3, 0.4) is 0 Å². The number of rotatable bonds is 9. The van der Waals surface area contributed by atoms with Crippen LogP contribution in [0.4, 0.5) is 0 Å². The molecule has 2 unspecified atom stereocenters. The van der Waals surface area contributed by atoms with Crippen LogP contribution in [0.5, 0.6) is 0 Å². The molecule has 7 heteroatoms. The van der Waals surface area contributed by atoms with E-state index in [1.165, 1.54) is 0 Å². The lowest BCUT2D eigenvalue weighted by atomic mass is 10.1. The fourth-order valence-corrected chi connectivity index (χ4v) is 3.41. The van der Waals surface area contributed by atoms with E-state index in [4.69, 9.17) is 4.84 Å². The number of hydrogen-bond acceptors (Lipinski definition) is 4. The predicted octanol–water partition coefficient (Wildman–Crippen LogP) is 1.52. The van der Waals surface area contributed by atoms with E-state index in [0.29, 0.717) is 12.3 Å². The van der Waals surface area contributed by atoms with Crippen LogP contribution >= 0.6 is 0 Å². The van der Waals surface area contributed by atoms with Crippen molar-refractivity contribution in [2.45, 2.75) is 64.7 Å². The molecule has 130 valence electrons. The van der Waals surface area contributed by atoms with E-state index in [-0.39, 0.29) is 35.7 Å². The number of carbonyl (C=O) groups excluding carboxylic acids is 2. The van der Waals surface area contributed by atoms with Crippen LogP contribution in [0, 0.1) is 5.92 Å². The average Bonchev–Trinajstić information content (AvgIpc) is 2.40. The molecule has 0 aromatic heterocycles. The highest BCUT2D eigenvalue weighted by atomic mass is 32.2. The number of nitrogens with one attached hydrogen (secondary N) is 2. The van der Waals surface area contributed by atoms with Crippen LogP contribution in [0.1, 0.15) is 53.9 Å². The molecule has 0 aromatic rings. The Morgan fingerprint density at radius 3 is 2.23 bits per heavy atom. The Morgan fingerprint density at radius 2 is 1.77 bits per heavy atom. The third-order valence-electron chi connectivity index (χ3n) is 2.80. The summed E-state index contributed by atoms with van der Waals surface area (Å²) in [6.45, 7) is 9.54. The van der Waals surface area contributed by atoms with Crippen LogP contribution in [-0.2, 0) is 25.2 Å². The summed E-state index contributed by atoms with van der Waals surface area (Å²) in [6.07, 6.45) is 1.01. The monoisotopic (exact) mass is 334 g/mol. The van der Waals surface area contributed by atoms with Gasteiger partial charge in [-0.05, 0) is 33.1 Å². The van der Waals surface area contributed by atoms with E-state index >= 15 is 0 Å². The van der Waals surface area contributed by atoms with E-state index in [1.54, 1.807) is 7.05 Å². The van der Waals surface area contributed by atoms with Crippen molar-refractivity contribution >= 4 is 22.6 Å². The van der Waals surface area contributed by atoms with Crippen molar-refractivity contribution in [2.24, 2.45) is 5.92 Å². The molecule has 0 bridgehead atoms. The molecule has 0 aromatic carbocycles. The second-order valence-corrected chi connectivity index (χ2v) is 8.54. The lowest BCUT2D eigenvalue weighted by Crippen LogP contribution is -2.36. The summed E-state index contributed by atoms with van der Waals surface area (Å²) in [4.78, 5) is 28.4. The van der Waals surface area contributed by atoms with Gasteiger partial charge < -0.3 is 5.32 Å². The maximum absolute atomic E-state index is 12.3. The normalized spacial score (nSPS) is 14.5. The van der Waals surface area contributed by atoms with Gasteiger partial charge in [0.1, 0.15) is 0 Å². The van der Waals surface area contributed by atoms with E-state index in [0.717, 1.165) is 0 Å². The van der Waals surface area contributed by atoms with Gasteiger partial charge >= 0.3 is 0 Å². The smallest absolute Gasteiger partial charge is 0.244 e. The molecule has 0 heterocycles. The number of hydroxylamine groups is 1. The first kappa shape index (κ1) is 21.0. The van der Waals surface area contributed by atoms with E-state index in [1.807, 2.05) is 34.6 Å². The molecule has 0 radical (unpaired) electrons. The summed E-state index contributed by atoms with van der Waals surface area (Å²) < 4.78 is 12.3. The van der Waals surface area contributed by atoms with Gasteiger partial charge in [0.05, 0.1) is 5.60 Å². The Kier molecular flexibility index (Phi) is 9.51. The maximum Gasteiger partial charge on any atom is 0.244 e. The van der Waals surface area contributed by atoms with E-state index in [9.17, 15) is 13.8 Å². The molecule has 2 atom stereocenters. The Hall–Kier alpha value is -0.950. The number of amides is 2. The van der Waals surface area contributed by atoms with Crippen molar-refractivity contribution in [2.75, 3.05) is 12.8 Å². The average molecular weight is 334 g/mol. The first-order chi connectivity index (χ1) is 10.0. The maximum atomic E-state index is 12.3. The van der Waals surface area contributed by atoms with Gasteiger partial charge in [0.15, 0.2) is 0 Å². The van der Waals surface area contributed by atoms with Crippen LogP contribution in [0.25, 0.3) is 0 Å². The largest absolute Gasteiger partial charge is 0.359 e. The standard InChI is InChI=1S/C15H30N2O4S/c1-11(2)9-12(22(20)8-7-13(18)16-6)10-14(19)17-21-15(3,4)5/h11-12H,7-10H2,1-6H3,(H,16,18)(H,17,19). The second kappa shape index (κ2) is 9.94. The van der Waals surface area contributed by atoms with Gasteiger partial charge in [-0.1, -0.05) is 13.8 Å². The van der Waals surface area contributed by atoms with Crippen LogP contribution < -0.4 is 10.8 Å². The Morgan fingerprint density at radius 1 is 1.18 bits per heavy atom. The summed E-state index contributed by atoms with van der Waals surface area (Å²) in [5.74, 6) is 0.168. The van der Waals surface area contributed by atoms with E-state index < -0.39 is 16.4 Å². The summed E-state index contributed by atoms with van der Waals surface area (Å²) in [7, 11) is 0.327.